The van der Waals surface area contributed by atoms with Crippen molar-refractivity contribution >= 4 is 31.9 Å². The Labute approximate surface area is 161 Å². The molecule has 1 fully saturated rings. The summed E-state index contributed by atoms with van der Waals surface area (Å²) >= 11 is 3.30. The van der Waals surface area contributed by atoms with Gasteiger partial charge in [0.15, 0.2) is 0 Å². The van der Waals surface area contributed by atoms with E-state index in [1.165, 1.54) is 23.5 Å². The first-order valence-electron chi connectivity index (χ1n) is 8.23. The lowest BCUT2D eigenvalue weighted by atomic mass is 10.0. The number of nitrogens with zero attached hydrogens (tertiary/aromatic N) is 3. The number of carbonyl (C=O) groups excluding carboxylic acids is 1. The number of benzene rings is 1. The molecule has 0 radical (unpaired) electrons. The van der Waals surface area contributed by atoms with E-state index < -0.39 is 16.0 Å². The zero-order chi connectivity index (χ0) is 18.9. The summed E-state index contributed by atoms with van der Waals surface area (Å²) in [6.07, 6.45) is 5.96. The minimum atomic E-state index is -3.89. The lowest BCUT2D eigenvalue weighted by Gasteiger charge is -2.34. The number of esters is 1. The Balaban J connectivity index is 2.09. The zero-order valence-electron chi connectivity index (χ0n) is 14.6. The highest BCUT2D eigenvalue weighted by Gasteiger charge is 2.37. The monoisotopic (exact) mass is 441 g/mol. The topological polar surface area (TPSA) is 81.5 Å². The Hall–Kier alpha value is -1.71. The minimum absolute atomic E-state index is 0.0335. The fourth-order valence-electron chi connectivity index (χ4n) is 3.25. The van der Waals surface area contributed by atoms with Gasteiger partial charge in [-0.05, 0) is 31.0 Å². The van der Waals surface area contributed by atoms with Crippen molar-refractivity contribution in [3.63, 3.8) is 0 Å². The van der Waals surface area contributed by atoms with Gasteiger partial charge in [0.25, 0.3) is 0 Å². The van der Waals surface area contributed by atoms with Crippen molar-refractivity contribution in [3.8, 4) is 0 Å². The van der Waals surface area contributed by atoms with Crippen molar-refractivity contribution in [1.82, 2.24) is 14.1 Å². The van der Waals surface area contributed by atoms with Gasteiger partial charge in [0.2, 0.25) is 10.0 Å². The second kappa shape index (κ2) is 7.50. The van der Waals surface area contributed by atoms with E-state index in [0.717, 1.165) is 18.4 Å². The fraction of sp³-hybridized carbons (Fsp3) is 0.412. The van der Waals surface area contributed by atoms with E-state index in [1.54, 1.807) is 24.0 Å². The van der Waals surface area contributed by atoms with E-state index in [2.05, 4.69) is 21.0 Å². The molecule has 1 saturated heterocycles. The van der Waals surface area contributed by atoms with Crippen LogP contribution in [0, 0.1) is 0 Å². The molecule has 26 heavy (non-hydrogen) atoms. The predicted octanol–water partition coefficient (Wildman–Crippen LogP) is 2.89. The SMILES string of the molecule is COC(=O)c1ccc(Br)cc1S(=O)(=O)N1CCCCC1c1cnn(C)c1. The largest absolute Gasteiger partial charge is 0.465 e. The van der Waals surface area contributed by atoms with Crippen LogP contribution in [0.4, 0.5) is 0 Å². The molecule has 0 saturated carbocycles. The second-order valence-corrected chi connectivity index (χ2v) is 8.98. The number of methoxy groups -OCH3 is 1. The number of rotatable bonds is 4. The standard InChI is InChI=1S/C17H20BrN3O4S/c1-20-11-12(10-19-20)15-5-3-4-8-21(15)26(23,24)16-9-13(18)6-7-14(16)17(22)25-2/h6-7,9-11,15H,3-5,8H2,1-2H3. The molecule has 3 rings (SSSR count). The summed E-state index contributed by atoms with van der Waals surface area (Å²) in [7, 11) is -0.856. The molecular weight excluding hydrogens is 422 g/mol. The van der Waals surface area contributed by atoms with E-state index in [0.29, 0.717) is 17.4 Å². The third-order valence-electron chi connectivity index (χ3n) is 4.50. The molecule has 1 atom stereocenters. The molecule has 0 bridgehead atoms. The first-order chi connectivity index (χ1) is 12.3. The number of ether oxygens (including phenoxy) is 1. The first kappa shape index (κ1) is 19.1. The molecule has 0 spiro atoms. The predicted molar refractivity (Wildman–Crippen MR) is 99.2 cm³/mol. The third kappa shape index (κ3) is 3.56. The minimum Gasteiger partial charge on any atom is -0.465 e. The van der Waals surface area contributed by atoms with Gasteiger partial charge in [0.05, 0.1) is 29.8 Å². The maximum atomic E-state index is 13.4. The second-order valence-electron chi connectivity index (χ2n) is 6.21. The maximum absolute atomic E-state index is 13.4. The van der Waals surface area contributed by atoms with Gasteiger partial charge in [-0.3, -0.25) is 4.68 Å². The normalized spacial score (nSPS) is 18.7. The summed E-state index contributed by atoms with van der Waals surface area (Å²) in [6, 6.07) is 4.24. The van der Waals surface area contributed by atoms with Gasteiger partial charge < -0.3 is 4.74 Å². The molecule has 1 aromatic carbocycles. The van der Waals surface area contributed by atoms with Gasteiger partial charge in [0, 0.05) is 29.8 Å². The number of piperidine rings is 1. The Bertz CT molecular complexity index is 926. The van der Waals surface area contributed by atoms with Crippen LogP contribution in [0.2, 0.25) is 0 Å². The van der Waals surface area contributed by atoms with E-state index in [9.17, 15) is 13.2 Å². The molecule has 0 N–H and O–H groups in total. The smallest absolute Gasteiger partial charge is 0.339 e. The van der Waals surface area contributed by atoms with Crippen molar-refractivity contribution < 1.29 is 17.9 Å². The number of carbonyl (C=O) groups is 1. The van der Waals surface area contributed by atoms with Crippen LogP contribution in [0.15, 0.2) is 40.0 Å². The molecular formula is C17H20BrN3O4S. The van der Waals surface area contributed by atoms with Crippen LogP contribution in [0.3, 0.4) is 0 Å². The maximum Gasteiger partial charge on any atom is 0.339 e. The molecule has 0 aliphatic carbocycles. The quantitative estimate of drug-likeness (QED) is 0.681. The Morgan fingerprint density at radius 3 is 2.77 bits per heavy atom. The van der Waals surface area contributed by atoms with E-state index in [1.807, 2.05) is 6.20 Å². The number of hydrogen-bond acceptors (Lipinski definition) is 5. The van der Waals surface area contributed by atoms with Gasteiger partial charge in [-0.2, -0.15) is 9.40 Å². The molecule has 1 aliphatic heterocycles. The summed E-state index contributed by atoms with van der Waals surface area (Å²) in [5.74, 6) is -0.675. The Morgan fingerprint density at radius 2 is 2.12 bits per heavy atom. The van der Waals surface area contributed by atoms with Crippen LogP contribution in [0.25, 0.3) is 0 Å². The van der Waals surface area contributed by atoms with Crippen molar-refractivity contribution in [2.75, 3.05) is 13.7 Å². The summed E-state index contributed by atoms with van der Waals surface area (Å²) < 4.78 is 35.4. The number of aromatic nitrogens is 2. The average molecular weight is 442 g/mol. The van der Waals surface area contributed by atoms with Crippen LogP contribution in [0.5, 0.6) is 0 Å². The van der Waals surface area contributed by atoms with Crippen LogP contribution < -0.4 is 0 Å². The van der Waals surface area contributed by atoms with E-state index >= 15 is 0 Å². The summed E-state index contributed by atoms with van der Waals surface area (Å²) in [4.78, 5) is 12.0. The van der Waals surface area contributed by atoms with Crippen molar-refractivity contribution in [2.24, 2.45) is 7.05 Å². The molecule has 2 heterocycles. The van der Waals surface area contributed by atoms with Crippen LogP contribution in [-0.4, -0.2) is 42.1 Å². The molecule has 7 nitrogen and oxygen atoms in total. The van der Waals surface area contributed by atoms with E-state index in [-0.39, 0.29) is 16.5 Å². The number of aryl methyl sites for hydroxylation is 1. The molecule has 1 aromatic heterocycles. The molecule has 140 valence electrons. The van der Waals surface area contributed by atoms with Crippen LogP contribution in [0.1, 0.15) is 41.2 Å². The molecule has 1 unspecified atom stereocenters. The lowest BCUT2D eigenvalue weighted by Crippen LogP contribution is -2.39. The van der Waals surface area contributed by atoms with Gasteiger partial charge in [-0.15, -0.1) is 0 Å². The molecule has 2 aromatic rings. The van der Waals surface area contributed by atoms with Crippen molar-refractivity contribution in [1.29, 1.82) is 0 Å². The highest BCUT2D eigenvalue weighted by Crippen LogP contribution is 2.36. The molecule has 0 amide bonds. The lowest BCUT2D eigenvalue weighted by molar-refractivity contribution is 0.0596. The summed E-state index contributed by atoms with van der Waals surface area (Å²) in [6.45, 7) is 0.398. The number of hydrogen-bond donors (Lipinski definition) is 0. The molecule has 1 aliphatic rings. The fourth-order valence-corrected chi connectivity index (χ4v) is 5.65. The van der Waals surface area contributed by atoms with Gasteiger partial charge in [0.1, 0.15) is 0 Å². The van der Waals surface area contributed by atoms with Gasteiger partial charge >= 0.3 is 5.97 Å². The van der Waals surface area contributed by atoms with Crippen LogP contribution >= 0.6 is 15.9 Å². The average Bonchev–Trinajstić information content (AvgIpc) is 3.07. The van der Waals surface area contributed by atoms with Gasteiger partial charge in [-0.1, -0.05) is 22.4 Å². The first-order valence-corrected chi connectivity index (χ1v) is 10.5. The van der Waals surface area contributed by atoms with Crippen LogP contribution in [-0.2, 0) is 21.8 Å². The van der Waals surface area contributed by atoms with Crippen molar-refractivity contribution in [3.05, 3.63) is 46.2 Å². The molecule has 9 heteroatoms. The zero-order valence-corrected chi connectivity index (χ0v) is 17.0. The highest BCUT2D eigenvalue weighted by molar-refractivity contribution is 9.10. The highest BCUT2D eigenvalue weighted by atomic mass is 79.9. The van der Waals surface area contributed by atoms with Gasteiger partial charge in [-0.25, -0.2) is 13.2 Å². The Kier molecular flexibility index (Phi) is 5.50. The third-order valence-corrected chi connectivity index (χ3v) is 6.94. The summed E-state index contributed by atoms with van der Waals surface area (Å²) in [5, 5.41) is 4.17. The number of halogens is 1. The number of sulfonamides is 1. The van der Waals surface area contributed by atoms with E-state index in [4.69, 9.17) is 4.74 Å². The van der Waals surface area contributed by atoms with Crippen molar-refractivity contribution in [2.45, 2.75) is 30.2 Å². The Morgan fingerprint density at radius 1 is 1.35 bits per heavy atom. The summed E-state index contributed by atoms with van der Waals surface area (Å²) in [5.41, 5.74) is 0.886.